The molecule has 2 rings (SSSR count). The normalized spacial score (nSPS) is 10.7. The second-order valence-corrected chi connectivity index (χ2v) is 7.09. The van der Waals surface area contributed by atoms with Crippen LogP contribution in [0.5, 0.6) is 5.75 Å². The van der Waals surface area contributed by atoms with Crippen LogP contribution in [0.25, 0.3) is 0 Å². The SMILES string of the molecule is O=C(COc1ccc(Br)cc1)NN=Cc1ccc(Br)s1. The number of nitrogens with zero attached hydrogens (tertiary/aromatic N) is 1. The maximum absolute atomic E-state index is 11.5. The van der Waals surface area contributed by atoms with Crippen LogP contribution in [-0.4, -0.2) is 18.7 Å². The highest BCUT2D eigenvalue weighted by molar-refractivity contribution is 9.11. The number of carbonyl (C=O) groups is 1. The largest absolute Gasteiger partial charge is 0.484 e. The van der Waals surface area contributed by atoms with Crippen molar-refractivity contribution < 1.29 is 9.53 Å². The van der Waals surface area contributed by atoms with Crippen LogP contribution >= 0.6 is 43.2 Å². The molecule has 0 aliphatic heterocycles. The highest BCUT2D eigenvalue weighted by Gasteiger charge is 2.01. The highest BCUT2D eigenvalue weighted by Crippen LogP contribution is 2.20. The molecule has 1 aromatic carbocycles. The van der Waals surface area contributed by atoms with Crippen molar-refractivity contribution in [3.05, 3.63) is 49.5 Å². The predicted molar refractivity (Wildman–Crippen MR) is 87.4 cm³/mol. The van der Waals surface area contributed by atoms with Gasteiger partial charge in [0.25, 0.3) is 5.91 Å². The van der Waals surface area contributed by atoms with Crippen LogP contribution < -0.4 is 10.2 Å². The molecular formula is C13H10Br2N2O2S. The van der Waals surface area contributed by atoms with E-state index in [0.29, 0.717) is 5.75 Å². The van der Waals surface area contributed by atoms with Gasteiger partial charge in [-0.15, -0.1) is 11.3 Å². The molecule has 2 aromatic rings. The number of rotatable bonds is 5. The van der Waals surface area contributed by atoms with E-state index in [2.05, 4.69) is 42.4 Å². The number of nitrogens with one attached hydrogen (secondary N) is 1. The minimum atomic E-state index is -0.306. The maximum atomic E-state index is 11.5. The molecule has 0 aliphatic carbocycles. The Hall–Kier alpha value is -1.18. The van der Waals surface area contributed by atoms with Crippen LogP contribution in [0, 0.1) is 0 Å². The number of hydrazone groups is 1. The van der Waals surface area contributed by atoms with E-state index in [1.165, 1.54) is 11.3 Å². The van der Waals surface area contributed by atoms with Crippen molar-refractivity contribution in [1.29, 1.82) is 0 Å². The van der Waals surface area contributed by atoms with Crippen LogP contribution in [0.1, 0.15) is 4.88 Å². The predicted octanol–water partition coefficient (Wildman–Crippen LogP) is 3.80. The van der Waals surface area contributed by atoms with Crippen LogP contribution in [0.4, 0.5) is 0 Å². The molecule has 0 unspecified atom stereocenters. The van der Waals surface area contributed by atoms with E-state index in [9.17, 15) is 4.79 Å². The maximum Gasteiger partial charge on any atom is 0.277 e. The molecule has 104 valence electrons. The van der Waals surface area contributed by atoms with Gasteiger partial charge in [-0.05, 0) is 52.3 Å². The van der Waals surface area contributed by atoms with Crippen molar-refractivity contribution in [2.75, 3.05) is 6.61 Å². The fourth-order valence-electron chi connectivity index (χ4n) is 1.28. The lowest BCUT2D eigenvalue weighted by Crippen LogP contribution is -2.24. The van der Waals surface area contributed by atoms with Crippen molar-refractivity contribution >= 4 is 55.3 Å². The fourth-order valence-corrected chi connectivity index (χ4v) is 2.84. The van der Waals surface area contributed by atoms with E-state index in [1.54, 1.807) is 18.3 Å². The Morgan fingerprint density at radius 2 is 2.00 bits per heavy atom. The van der Waals surface area contributed by atoms with Gasteiger partial charge in [-0.2, -0.15) is 5.10 Å². The molecular weight excluding hydrogens is 408 g/mol. The van der Waals surface area contributed by atoms with Gasteiger partial charge in [0, 0.05) is 9.35 Å². The molecule has 0 radical (unpaired) electrons. The summed E-state index contributed by atoms with van der Waals surface area (Å²) >= 11 is 8.21. The third-order valence-electron chi connectivity index (χ3n) is 2.16. The molecule has 0 saturated heterocycles. The number of hydrogen-bond acceptors (Lipinski definition) is 4. The van der Waals surface area contributed by atoms with E-state index < -0.39 is 0 Å². The first kappa shape index (κ1) is 15.2. The number of amides is 1. The second-order valence-electron chi connectivity index (χ2n) is 3.68. The lowest BCUT2D eigenvalue weighted by atomic mass is 10.3. The summed E-state index contributed by atoms with van der Waals surface area (Å²) in [4.78, 5) is 12.5. The molecule has 1 amide bonds. The third-order valence-corrected chi connectivity index (χ3v) is 4.25. The van der Waals surface area contributed by atoms with Crippen molar-refractivity contribution in [3.63, 3.8) is 0 Å². The van der Waals surface area contributed by atoms with Gasteiger partial charge in [-0.25, -0.2) is 5.43 Å². The highest BCUT2D eigenvalue weighted by atomic mass is 79.9. The lowest BCUT2D eigenvalue weighted by Gasteiger charge is -2.04. The van der Waals surface area contributed by atoms with E-state index >= 15 is 0 Å². The monoisotopic (exact) mass is 416 g/mol. The number of benzene rings is 1. The Balaban J connectivity index is 1.75. The Labute approximate surface area is 137 Å². The van der Waals surface area contributed by atoms with Gasteiger partial charge in [-0.3, -0.25) is 4.79 Å². The number of carbonyl (C=O) groups excluding carboxylic acids is 1. The number of thiophene rings is 1. The van der Waals surface area contributed by atoms with Crippen LogP contribution in [-0.2, 0) is 4.79 Å². The minimum absolute atomic E-state index is 0.0763. The van der Waals surface area contributed by atoms with E-state index in [0.717, 1.165) is 13.1 Å². The summed E-state index contributed by atoms with van der Waals surface area (Å²) in [5.74, 6) is 0.328. The lowest BCUT2D eigenvalue weighted by molar-refractivity contribution is -0.123. The zero-order chi connectivity index (χ0) is 14.4. The van der Waals surface area contributed by atoms with E-state index in [4.69, 9.17) is 4.74 Å². The van der Waals surface area contributed by atoms with Gasteiger partial charge in [0.2, 0.25) is 0 Å². The van der Waals surface area contributed by atoms with Crippen molar-refractivity contribution in [3.8, 4) is 5.75 Å². The van der Waals surface area contributed by atoms with Crippen LogP contribution in [0.2, 0.25) is 0 Å². The first-order chi connectivity index (χ1) is 9.63. The van der Waals surface area contributed by atoms with Gasteiger partial charge in [-0.1, -0.05) is 15.9 Å². The van der Waals surface area contributed by atoms with Crippen LogP contribution in [0.15, 0.2) is 49.8 Å². The van der Waals surface area contributed by atoms with Crippen molar-refractivity contribution in [2.45, 2.75) is 0 Å². The molecule has 1 heterocycles. The average molecular weight is 418 g/mol. The Morgan fingerprint density at radius 3 is 2.65 bits per heavy atom. The zero-order valence-electron chi connectivity index (χ0n) is 10.2. The standard InChI is InChI=1S/C13H10Br2N2O2S/c14-9-1-3-10(4-2-9)19-8-13(18)17-16-7-11-5-6-12(15)20-11/h1-7H,8H2,(H,17,18). The summed E-state index contributed by atoms with van der Waals surface area (Å²) in [5.41, 5.74) is 2.41. The number of ether oxygens (including phenoxy) is 1. The van der Waals surface area contributed by atoms with Gasteiger partial charge >= 0.3 is 0 Å². The molecule has 0 atom stereocenters. The van der Waals surface area contributed by atoms with Gasteiger partial charge in [0.1, 0.15) is 5.75 Å². The summed E-state index contributed by atoms with van der Waals surface area (Å²) in [5, 5.41) is 3.86. The number of halogens is 2. The molecule has 0 saturated carbocycles. The fraction of sp³-hybridized carbons (Fsp3) is 0.0769. The first-order valence-corrected chi connectivity index (χ1v) is 7.99. The summed E-state index contributed by atoms with van der Waals surface area (Å²) in [6.45, 7) is -0.0763. The summed E-state index contributed by atoms with van der Waals surface area (Å²) in [6, 6.07) is 11.1. The molecule has 4 nitrogen and oxygen atoms in total. The molecule has 0 aliphatic rings. The van der Waals surface area contributed by atoms with Gasteiger partial charge in [0.15, 0.2) is 6.61 Å². The topological polar surface area (TPSA) is 50.7 Å². The summed E-state index contributed by atoms with van der Waals surface area (Å²) in [6.07, 6.45) is 1.59. The summed E-state index contributed by atoms with van der Waals surface area (Å²) < 4.78 is 7.29. The van der Waals surface area contributed by atoms with Crippen molar-refractivity contribution in [1.82, 2.24) is 5.43 Å². The first-order valence-electron chi connectivity index (χ1n) is 5.59. The third kappa shape index (κ3) is 5.07. The Bertz CT molecular complexity index is 611. The zero-order valence-corrected chi connectivity index (χ0v) is 14.2. The second kappa shape index (κ2) is 7.56. The van der Waals surface area contributed by atoms with E-state index in [-0.39, 0.29) is 12.5 Å². The molecule has 1 N–H and O–H groups in total. The van der Waals surface area contributed by atoms with E-state index in [1.807, 2.05) is 24.3 Å². The minimum Gasteiger partial charge on any atom is -0.484 e. The van der Waals surface area contributed by atoms with Crippen LogP contribution in [0.3, 0.4) is 0 Å². The molecule has 0 spiro atoms. The average Bonchev–Trinajstić information content (AvgIpc) is 2.84. The molecule has 0 bridgehead atoms. The molecule has 20 heavy (non-hydrogen) atoms. The smallest absolute Gasteiger partial charge is 0.277 e. The van der Waals surface area contributed by atoms with Crippen molar-refractivity contribution in [2.24, 2.45) is 5.10 Å². The van der Waals surface area contributed by atoms with Gasteiger partial charge in [0.05, 0.1) is 10.0 Å². The Kier molecular flexibility index (Phi) is 5.75. The summed E-state index contributed by atoms with van der Waals surface area (Å²) in [7, 11) is 0. The number of hydrogen-bond donors (Lipinski definition) is 1. The quantitative estimate of drug-likeness (QED) is 0.594. The molecule has 0 fully saturated rings. The Morgan fingerprint density at radius 1 is 1.25 bits per heavy atom. The molecule has 7 heteroatoms. The van der Waals surface area contributed by atoms with Gasteiger partial charge < -0.3 is 4.74 Å². The molecule has 1 aromatic heterocycles.